The van der Waals surface area contributed by atoms with Crippen LogP contribution in [0.5, 0.6) is 0 Å². The van der Waals surface area contributed by atoms with Gasteiger partial charge in [0.05, 0.1) is 9.92 Å². The molecule has 1 aromatic heterocycles. The van der Waals surface area contributed by atoms with E-state index in [1.165, 1.54) is 4.31 Å². The predicted octanol–water partition coefficient (Wildman–Crippen LogP) is 2.95. The molecule has 0 amide bonds. The molecule has 1 aliphatic heterocycles. The van der Waals surface area contributed by atoms with Crippen molar-refractivity contribution >= 4 is 38.5 Å². The van der Waals surface area contributed by atoms with Crippen molar-refractivity contribution in [3.05, 3.63) is 65.3 Å². The Morgan fingerprint density at radius 3 is 2.38 bits per heavy atom. The summed E-state index contributed by atoms with van der Waals surface area (Å²) >= 11 is 6.32. The Hall–Kier alpha value is -2.39. The Morgan fingerprint density at radius 1 is 1.03 bits per heavy atom. The molecule has 152 valence electrons. The number of carbonyl (C=O) groups is 1. The fraction of sp³-hybridized carbons (Fsp3) is 0.250. The maximum absolute atomic E-state index is 12.8. The zero-order chi connectivity index (χ0) is 20.6. The number of aliphatic carboxylic acids is 1. The average molecular weight is 434 g/mol. The minimum absolute atomic E-state index is 0.219. The molecule has 2 N–H and O–H groups in total. The minimum Gasteiger partial charge on any atom is -0.480 e. The van der Waals surface area contributed by atoms with Crippen LogP contribution in [0.1, 0.15) is 11.6 Å². The lowest BCUT2D eigenvalue weighted by atomic mass is 10.0. The number of sulfonamides is 1. The molecule has 0 aliphatic carbocycles. The van der Waals surface area contributed by atoms with E-state index in [1.54, 1.807) is 53.6 Å². The summed E-state index contributed by atoms with van der Waals surface area (Å²) in [5.74, 6) is -0.995. The number of nitrogens with zero attached hydrogens (tertiary/aromatic N) is 2. The third kappa shape index (κ3) is 3.64. The molecule has 4 rings (SSSR count). The van der Waals surface area contributed by atoms with Gasteiger partial charge in [0, 0.05) is 48.8 Å². The van der Waals surface area contributed by atoms with E-state index in [1.807, 2.05) is 6.07 Å². The maximum Gasteiger partial charge on any atom is 0.325 e. The van der Waals surface area contributed by atoms with Crippen LogP contribution in [0.2, 0.25) is 5.02 Å². The van der Waals surface area contributed by atoms with Crippen LogP contribution in [-0.4, -0.2) is 59.9 Å². The number of halogens is 1. The van der Waals surface area contributed by atoms with Gasteiger partial charge in [0.15, 0.2) is 0 Å². The summed E-state index contributed by atoms with van der Waals surface area (Å²) in [6.45, 7) is 1.05. The number of hydrogen-bond donors (Lipinski definition) is 2. The largest absolute Gasteiger partial charge is 0.480 e. The van der Waals surface area contributed by atoms with Gasteiger partial charge in [0.2, 0.25) is 10.0 Å². The van der Waals surface area contributed by atoms with Gasteiger partial charge < -0.3 is 10.1 Å². The molecule has 0 unspecified atom stereocenters. The molecule has 0 spiro atoms. The first-order chi connectivity index (χ1) is 13.9. The molecule has 2 aromatic carbocycles. The smallest absolute Gasteiger partial charge is 0.325 e. The van der Waals surface area contributed by atoms with Crippen molar-refractivity contribution in [2.45, 2.75) is 10.9 Å². The topological polar surface area (TPSA) is 93.7 Å². The van der Waals surface area contributed by atoms with Crippen LogP contribution < -0.4 is 0 Å². The van der Waals surface area contributed by atoms with Gasteiger partial charge in [-0.1, -0.05) is 35.9 Å². The normalized spacial score (nSPS) is 17.4. The van der Waals surface area contributed by atoms with Crippen LogP contribution in [-0.2, 0) is 14.8 Å². The molecule has 9 heteroatoms. The summed E-state index contributed by atoms with van der Waals surface area (Å²) in [6, 6.07) is 12.7. The van der Waals surface area contributed by atoms with E-state index in [2.05, 4.69) is 4.98 Å². The summed E-state index contributed by atoms with van der Waals surface area (Å²) < 4.78 is 27.0. The van der Waals surface area contributed by atoms with Crippen molar-refractivity contribution < 1.29 is 18.3 Å². The van der Waals surface area contributed by atoms with Crippen molar-refractivity contribution in [3.63, 3.8) is 0 Å². The number of rotatable bonds is 5. The fourth-order valence-corrected chi connectivity index (χ4v) is 5.54. The van der Waals surface area contributed by atoms with Crippen molar-refractivity contribution in [2.24, 2.45) is 0 Å². The Balaban J connectivity index is 1.58. The van der Waals surface area contributed by atoms with E-state index in [4.69, 9.17) is 11.6 Å². The molecular weight excluding hydrogens is 414 g/mol. The lowest BCUT2D eigenvalue weighted by molar-refractivity contribution is -0.144. The molecule has 1 fully saturated rings. The first kappa shape index (κ1) is 19.9. The third-order valence-electron chi connectivity index (χ3n) is 5.23. The van der Waals surface area contributed by atoms with Crippen LogP contribution in [0, 0.1) is 0 Å². The highest BCUT2D eigenvalue weighted by molar-refractivity contribution is 7.89. The standard InChI is InChI=1S/C20H20ClN3O4S/c21-16-7-4-8-17-18(16)15(13-22-17)19(20(25)26)23-9-11-24(12-10-23)29(27,28)14-5-2-1-3-6-14/h1-8,13,19,22H,9-12H2,(H,25,26)/t19-/m0/s1. The zero-order valence-corrected chi connectivity index (χ0v) is 17.0. The number of aromatic nitrogens is 1. The van der Waals surface area contributed by atoms with Gasteiger partial charge in [-0.15, -0.1) is 0 Å². The predicted molar refractivity (Wildman–Crippen MR) is 110 cm³/mol. The lowest BCUT2D eigenvalue weighted by Crippen LogP contribution is -2.50. The SMILES string of the molecule is O=C(O)[C@H](c1c[nH]c2cccc(Cl)c12)N1CCN(S(=O)(=O)c2ccccc2)CC1. The lowest BCUT2D eigenvalue weighted by Gasteiger charge is -2.37. The number of benzene rings is 2. The Morgan fingerprint density at radius 2 is 1.72 bits per heavy atom. The van der Waals surface area contributed by atoms with E-state index in [-0.39, 0.29) is 18.0 Å². The molecule has 1 atom stereocenters. The number of H-pyrrole nitrogens is 1. The van der Waals surface area contributed by atoms with E-state index in [9.17, 15) is 18.3 Å². The van der Waals surface area contributed by atoms with E-state index >= 15 is 0 Å². The van der Waals surface area contributed by atoms with Crippen LogP contribution in [0.4, 0.5) is 0 Å². The van der Waals surface area contributed by atoms with Crippen LogP contribution >= 0.6 is 11.6 Å². The number of nitrogens with one attached hydrogen (secondary N) is 1. The van der Waals surface area contributed by atoms with Crippen molar-refractivity contribution in [3.8, 4) is 0 Å². The monoisotopic (exact) mass is 433 g/mol. The van der Waals surface area contributed by atoms with Crippen LogP contribution in [0.15, 0.2) is 59.6 Å². The highest BCUT2D eigenvalue weighted by Gasteiger charge is 2.35. The summed E-state index contributed by atoms with van der Waals surface area (Å²) in [4.78, 5) is 17.2. The first-order valence-corrected chi connectivity index (χ1v) is 11.0. The summed E-state index contributed by atoms with van der Waals surface area (Å²) in [5, 5.41) is 11.1. The minimum atomic E-state index is -3.59. The number of fused-ring (bicyclic) bond motifs is 1. The Kier molecular flexibility index (Phi) is 5.35. The quantitative estimate of drug-likeness (QED) is 0.645. The number of aromatic amines is 1. The van der Waals surface area contributed by atoms with Gasteiger partial charge in [0.25, 0.3) is 0 Å². The molecule has 1 aliphatic rings. The zero-order valence-electron chi connectivity index (χ0n) is 15.5. The Labute approximate surface area is 173 Å². The van der Waals surface area contributed by atoms with Crippen LogP contribution in [0.25, 0.3) is 10.9 Å². The molecule has 0 bridgehead atoms. The molecule has 0 saturated carbocycles. The van der Waals surface area contributed by atoms with E-state index in [0.29, 0.717) is 29.1 Å². The highest BCUT2D eigenvalue weighted by atomic mass is 35.5. The molecule has 0 radical (unpaired) electrons. The summed E-state index contributed by atoms with van der Waals surface area (Å²) in [6.07, 6.45) is 1.67. The van der Waals surface area contributed by atoms with Gasteiger partial charge in [-0.05, 0) is 24.3 Å². The van der Waals surface area contributed by atoms with Crippen molar-refractivity contribution in [1.29, 1.82) is 0 Å². The molecule has 29 heavy (non-hydrogen) atoms. The molecule has 1 saturated heterocycles. The molecule has 3 aromatic rings. The number of hydrogen-bond acceptors (Lipinski definition) is 4. The van der Waals surface area contributed by atoms with Gasteiger partial charge in [0.1, 0.15) is 6.04 Å². The van der Waals surface area contributed by atoms with Gasteiger partial charge >= 0.3 is 5.97 Å². The molecule has 2 heterocycles. The maximum atomic E-state index is 12.8. The van der Waals surface area contributed by atoms with Gasteiger partial charge in [-0.2, -0.15) is 4.31 Å². The van der Waals surface area contributed by atoms with E-state index < -0.39 is 22.0 Å². The average Bonchev–Trinajstić information content (AvgIpc) is 3.14. The second-order valence-electron chi connectivity index (χ2n) is 6.90. The van der Waals surface area contributed by atoms with Crippen molar-refractivity contribution in [2.75, 3.05) is 26.2 Å². The van der Waals surface area contributed by atoms with Gasteiger partial charge in [-0.25, -0.2) is 8.42 Å². The third-order valence-corrected chi connectivity index (χ3v) is 7.46. The number of piperazine rings is 1. The van der Waals surface area contributed by atoms with Gasteiger partial charge in [-0.3, -0.25) is 9.69 Å². The number of carboxylic acid groups (broad SMARTS) is 1. The van der Waals surface area contributed by atoms with Crippen molar-refractivity contribution in [1.82, 2.24) is 14.2 Å². The fourth-order valence-electron chi connectivity index (χ4n) is 3.81. The summed E-state index contributed by atoms with van der Waals surface area (Å²) in [7, 11) is -3.59. The molecule has 7 nitrogen and oxygen atoms in total. The second-order valence-corrected chi connectivity index (χ2v) is 9.25. The molecular formula is C20H20ClN3O4S. The summed E-state index contributed by atoms with van der Waals surface area (Å²) in [5.41, 5.74) is 1.35. The number of carboxylic acids is 1. The highest BCUT2D eigenvalue weighted by Crippen LogP contribution is 2.34. The first-order valence-electron chi connectivity index (χ1n) is 9.17. The van der Waals surface area contributed by atoms with E-state index in [0.717, 1.165) is 5.52 Å². The second kappa shape index (κ2) is 7.79. The van der Waals surface area contributed by atoms with Crippen LogP contribution in [0.3, 0.4) is 0 Å². The Bertz CT molecular complexity index is 1140.